The Balaban J connectivity index is 1.16. The van der Waals surface area contributed by atoms with Gasteiger partial charge >= 0.3 is 0 Å². The molecule has 2 aromatic rings. The summed E-state index contributed by atoms with van der Waals surface area (Å²) in [6.45, 7) is 5.12. The molecule has 0 spiro atoms. The van der Waals surface area contributed by atoms with Crippen molar-refractivity contribution in [3.8, 4) is 0 Å². The van der Waals surface area contributed by atoms with Crippen molar-refractivity contribution in [1.82, 2.24) is 25.0 Å². The van der Waals surface area contributed by atoms with Gasteiger partial charge in [-0.3, -0.25) is 19.5 Å². The molecule has 4 heterocycles. The molecule has 4 N–H and O–H groups in total. The number of likely N-dealkylation sites (tertiary alicyclic amines) is 2. The number of aromatic nitrogens is 3. The summed E-state index contributed by atoms with van der Waals surface area (Å²) in [4.78, 5) is 43.7. The molecule has 2 aromatic heterocycles. The van der Waals surface area contributed by atoms with Crippen LogP contribution in [0.1, 0.15) is 82.5 Å². The van der Waals surface area contributed by atoms with Gasteiger partial charge in [0.25, 0.3) is 17.7 Å². The van der Waals surface area contributed by atoms with Crippen molar-refractivity contribution in [2.24, 2.45) is 17.6 Å². The van der Waals surface area contributed by atoms with Gasteiger partial charge in [-0.1, -0.05) is 6.92 Å². The number of rotatable bonds is 5. The lowest BCUT2D eigenvalue weighted by Gasteiger charge is -2.40. The fourth-order valence-electron chi connectivity index (χ4n) is 5.36. The average molecular weight is 453 g/mol. The summed E-state index contributed by atoms with van der Waals surface area (Å²) >= 11 is 0. The maximum absolute atomic E-state index is 13.1. The van der Waals surface area contributed by atoms with Gasteiger partial charge in [0, 0.05) is 43.5 Å². The Kier molecular flexibility index (Phi) is 5.50. The Bertz CT molecular complexity index is 1060. The van der Waals surface area contributed by atoms with Gasteiger partial charge in [-0.25, -0.2) is 0 Å². The number of aromatic amines is 2. The average Bonchev–Trinajstić information content (AvgIpc) is 3.25. The maximum Gasteiger partial charge on any atom is 0.274 e. The molecule has 1 aliphatic carbocycles. The number of hydrogen-bond acceptors (Lipinski definition) is 4. The van der Waals surface area contributed by atoms with Crippen LogP contribution in [0.15, 0.2) is 18.3 Å². The summed E-state index contributed by atoms with van der Waals surface area (Å²) in [5.74, 6) is 0.329. The first-order valence-electron chi connectivity index (χ1n) is 12.0. The molecule has 1 atom stereocenters. The zero-order valence-corrected chi connectivity index (χ0v) is 19.1. The number of nitrogens with zero attached hydrogens (tertiary/aromatic N) is 3. The Hall–Kier alpha value is -3.10. The van der Waals surface area contributed by atoms with Gasteiger partial charge in [-0.2, -0.15) is 5.10 Å². The van der Waals surface area contributed by atoms with Crippen molar-refractivity contribution < 1.29 is 14.4 Å². The number of carbonyl (C=O) groups is 3. The fourth-order valence-corrected chi connectivity index (χ4v) is 5.36. The second-order valence-electron chi connectivity index (χ2n) is 10.2. The predicted octanol–water partition coefficient (Wildman–Crippen LogP) is 2.29. The summed E-state index contributed by atoms with van der Waals surface area (Å²) in [6, 6.07) is 3.46. The van der Waals surface area contributed by atoms with E-state index >= 15 is 0 Å². The Morgan fingerprint density at radius 3 is 2.45 bits per heavy atom. The largest absolute Gasteiger partial charge is 0.364 e. The fraction of sp³-hybridized carbons (Fsp3) is 0.583. The summed E-state index contributed by atoms with van der Waals surface area (Å²) < 4.78 is 0. The van der Waals surface area contributed by atoms with E-state index in [2.05, 4.69) is 22.1 Å². The second-order valence-corrected chi connectivity index (χ2v) is 10.2. The lowest BCUT2D eigenvalue weighted by molar-refractivity contribution is 0.0507. The van der Waals surface area contributed by atoms with Crippen molar-refractivity contribution in [2.75, 3.05) is 26.2 Å². The van der Waals surface area contributed by atoms with Crippen LogP contribution in [0.5, 0.6) is 0 Å². The SMILES string of the molecule is CC1(c2cc(C(=O)N3CCCC(C4CCN(C(=O)c5c[nH]c(C(N)=O)c5)CC4)C3)n[nH]2)CC1. The van der Waals surface area contributed by atoms with Gasteiger partial charge in [-0.15, -0.1) is 0 Å². The molecule has 0 bridgehead atoms. The number of piperidine rings is 2. The van der Waals surface area contributed by atoms with Gasteiger partial charge in [0.2, 0.25) is 0 Å². The number of amides is 3. The molecule has 1 unspecified atom stereocenters. The smallest absolute Gasteiger partial charge is 0.274 e. The molecular weight excluding hydrogens is 420 g/mol. The van der Waals surface area contributed by atoms with Crippen LogP contribution in [0, 0.1) is 11.8 Å². The molecule has 9 nitrogen and oxygen atoms in total. The third-order valence-corrected chi connectivity index (χ3v) is 7.88. The van der Waals surface area contributed by atoms with E-state index in [1.54, 1.807) is 6.20 Å². The van der Waals surface area contributed by atoms with E-state index in [4.69, 9.17) is 5.73 Å². The number of nitrogens with one attached hydrogen (secondary N) is 2. The molecule has 3 amide bonds. The van der Waals surface area contributed by atoms with Crippen molar-refractivity contribution in [2.45, 2.75) is 50.9 Å². The van der Waals surface area contributed by atoms with Crippen molar-refractivity contribution >= 4 is 17.7 Å². The number of H-pyrrole nitrogens is 2. The van der Waals surface area contributed by atoms with Crippen LogP contribution >= 0.6 is 0 Å². The highest BCUT2D eigenvalue weighted by atomic mass is 16.2. The van der Waals surface area contributed by atoms with E-state index in [0.717, 1.165) is 57.3 Å². The highest BCUT2D eigenvalue weighted by Crippen LogP contribution is 2.46. The maximum atomic E-state index is 13.1. The predicted molar refractivity (Wildman–Crippen MR) is 122 cm³/mol. The van der Waals surface area contributed by atoms with E-state index < -0.39 is 5.91 Å². The molecule has 3 aliphatic rings. The second kappa shape index (κ2) is 8.35. The van der Waals surface area contributed by atoms with Gasteiger partial charge in [-0.05, 0) is 62.5 Å². The molecule has 2 saturated heterocycles. The highest BCUT2D eigenvalue weighted by Gasteiger charge is 2.41. The van der Waals surface area contributed by atoms with Crippen LogP contribution in [0.4, 0.5) is 0 Å². The van der Waals surface area contributed by atoms with E-state index in [-0.39, 0.29) is 22.9 Å². The van der Waals surface area contributed by atoms with E-state index in [1.807, 2.05) is 15.9 Å². The molecular formula is C24H32N6O3. The van der Waals surface area contributed by atoms with Crippen molar-refractivity contribution in [3.05, 3.63) is 41.0 Å². The first-order chi connectivity index (χ1) is 15.8. The summed E-state index contributed by atoms with van der Waals surface area (Å²) in [6.07, 6.45) is 7.81. The quantitative estimate of drug-likeness (QED) is 0.643. The third kappa shape index (κ3) is 4.28. The zero-order chi connectivity index (χ0) is 23.2. The lowest BCUT2D eigenvalue weighted by atomic mass is 9.79. The molecule has 0 aromatic carbocycles. The van der Waals surface area contributed by atoms with E-state index in [9.17, 15) is 14.4 Å². The van der Waals surface area contributed by atoms with Gasteiger partial charge in [0.1, 0.15) is 11.4 Å². The minimum absolute atomic E-state index is 0.0248. The summed E-state index contributed by atoms with van der Waals surface area (Å²) in [5, 5.41) is 7.39. The normalized spacial score (nSPS) is 22.9. The van der Waals surface area contributed by atoms with Gasteiger partial charge in [0.05, 0.1) is 5.56 Å². The van der Waals surface area contributed by atoms with Crippen LogP contribution in [0.25, 0.3) is 0 Å². The molecule has 3 fully saturated rings. The van der Waals surface area contributed by atoms with Crippen molar-refractivity contribution in [3.63, 3.8) is 0 Å². The number of primary amides is 1. The summed E-state index contributed by atoms with van der Waals surface area (Å²) in [7, 11) is 0. The highest BCUT2D eigenvalue weighted by molar-refractivity contribution is 5.98. The van der Waals surface area contributed by atoms with Crippen molar-refractivity contribution in [1.29, 1.82) is 0 Å². The van der Waals surface area contributed by atoms with E-state index in [1.165, 1.54) is 6.07 Å². The molecule has 176 valence electrons. The first-order valence-corrected chi connectivity index (χ1v) is 12.0. The Morgan fingerprint density at radius 1 is 1.03 bits per heavy atom. The monoisotopic (exact) mass is 452 g/mol. The molecule has 9 heteroatoms. The molecule has 1 saturated carbocycles. The molecule has 0 radical (unpaired) electrons. The van der Waals surface area contributed by atoms with Gasteiger partial charge in [0.15, 0.2) is 0 Å². The summed E-state index contributed by atoms with van der Waals surface area (Å²) in [5.41, 5.74) is 7.75. The molecule has 5 rings (SSSR count). The zero-order valence-electron chi connectivity index (χ0n) is 19.1. The lowest BCUT2D eigenvalue weighted by Crippen LogP contribution is -2.45. The number of nitrogens with two attached hydrogens (primary N) is 1. The number of carbonyl (C=O) groups excluding carboxylic acids is 3. The van der Waals surface area contributed by atoms with Crippen LogP contribution < -0.4 is 5.73 Å². The van der Waals surface area contributed by atoms with Crippen LogP contribution in [0.2, 0.25) is 0 Å². The van der Waals surface area contributed by atoms with Crippen LogP contribution in [0.3, 0.4) is 0 Å². The van der Waals surface area contributed by atoms with E-state index in [0.29, 0.717) is 36.2 Å². The third-order valence-electron chi connectivity index (χ3n) is 7.88. The number of hydrogen-bond donors (Lipinski definition) is 3. The topological polar surface area (TPSA) is 128 Å². The molecule has 33 heavy (non-hydrogen) atoms. The first kappa shape index (κ1) is 21.7. The minimum Gasteiger partial charge on any atom is -0.364 e. The Morgan fingerprint density at radius 2 is 1.79 bits per heavy atom. The Labute approximate surface area is 193 Å². The molecule has 2 aliphatic heterocycles. The standard InChI is InChI=1S/C24H32N6O3/c1-24(6-7-24)20-12-19(27-28-20)23(33)30-8-2-3-16(14-30)15-4-9-29(10-5-15)22(32)17-11-18(21(25)31)26-13-17/h11-13,15-16,26H,2-10,14H2,1H3,(H2,25,31)(H,27,28). The van der Waals surface area contributed by atoms with Crippen LogP contribution in [-0.4, -0.2) is 68.9 Å². The minimum atomic E-state index is -0.572. The van der Waals surface area contributed by atoms with Gasteiger partial charge < -0.3 is 20.5 Å². The van der Waals surface area contributed by atoms with Crippen LogP contribution in [-0.2, 0) is 5.41 Å².